The molecule has 114 valence electrons. The van der Waals surface area contributed by atoms with Gasteiger partial charge in [0.15, 0.2) is 0 Å². The van der Waals surface area contributed by atoms with Crippen LogP contribution in [-0.2, 0) is 9.59 Å². The molecule has 0 radical (unpaired) electrons. The zero-order chi connectivity index (χ0) is 15.1. The Balaban J connectivity index is 1.79. The van der Waals surface area contributed by atoms with Crippen LogP contribution in [-0.4, -0.2) is 17.9 Å². The van der Waals surface area contributed by atoms with Crippen LogP contribution in [0, 0.1) is 0 Å². The number of hydrogen-bond donors (Lipinski definition) is 2. The second-order valence-corrected chi connectivity index (χ2v) is 6.32. The smallest absolute Gasteiger partial charge is 0.233 e. The number of halogens is 1. The molecular formula is C16H21BrN2O2. The van der Waals surface area contributed by atoms with Crippen molar-refractivity contribution in [2.45, 2.75) is 51.0 Å². The van der Waals surface area contributed by atoms with Crippen molar-refractivity contribution in [3.8, 4) is 0 Å². The lowest BCUT2D eigenvalue weighted by molar-refractivity contribution is -0.127. The predicted molar refractivity (Wildman–Crippen MR) is 87.0 cm³/mol. The lowest BCUT2D eigenvalue weighted by Crippen LogP contribution is -2.36. The summed E-state index contributed by atoms with van der Waals surface area (Å²) in [7, 11) is 0. The Hall–Kier alpha value is -1.36. The van der Waals surface area contributed by atoms with Crippen LogP contribution in [0.2, 0.25) is 0 Å². The molecule has 1 saturated carbocycles. The summed E-state index contributed by atoms with van der Waals surface area (Å²) >= 11 is 3.36. The third-order valence-corrected chi connectivity index (χ3v) is 4.38. The summed E-state index contributed by atoms with van der Waals surface area (Å²) in [5, 5.41) is 5.72. The molecule has 4 nitrogen and oxygen atoms in total. The summed E-state index contributed by atoms with van der Waals surface area (Å²) in [5.41, 5.74) is 0.685. The van der Waals surface area contributed by atoms with Crippen molar-refractivity contribution in [3.05, 3.63) is 28.7 Å². The van der Waals surface area contributed by atoms with Crippen molar-refractivity contribution in [1.29, 1.82) is 0 Å². The fourth-order valence-corrected chi connectivity index (χ4v) is 2.99. The largest absolute Gasteiger partial charge is 0.353 e. The van der Waals surface area contributed by atoms with E-state index >= 15 is 0 Å². The van der Waals surface area contributed by atoms with Crippen molar-refractivity contribution in [2.24, 2.45) is 0 Å². The zero-order valence-electron chi connectivity index (χ0n) is 12.0. The van der Waals surface area contributed by atoms with E-state index in [-0.39, 0.29) is 24.3 Å². The van der Waals surface area contributed by atoms with Crippen LogP contribution in [0.5, 0.6) is 0 Å². The van der Waals surface area contributed by atoms with Crippen molar-refractivity contribution in [2.75, 3.05) is 5.32 Å². The molecule has 0 unspecified atom stereocenters. The molecule has 1 aromatic rings. The first-order chi connectivity index (χ1) is 10.1. The first-order valence-electron chi connectivity index (χ1n) is 7.49. The lowest BCUT2D eigenvalue weighted by Gasteiger charge is -2.16. The fourth-order valence-electron chi connectivity index (χ4n) is 2.61. The van der Waals surface area contributed by atoms with Gasteiger partial charge in [0.25, 0.3) is 0 Å². The number of carbonyl (C=O) groups is 2. The van der Waals surface area contributed by atoms with E-state index in [0.29, 0.717) is 5.69 Å². The van der Waals surface area contributed by atoms with Crippen LogP contribution in [0.4, 0.5) is 5.69 Å². The normalized spacial score (nSPS) is 16.0. The number of rotatable bonds is 4. The number of benzene rings is 1. The molecule has 2 amide bonds. The van der Waals surface area contributed by atoms with E-state index in [1.54, 1.807) is 6.07 Å². The Morgan fingerprint density at radius 2 is 1.71 bits per heavy atom. The van der Waals surface area contributed by atoms with Gasteiger partial charge in [-0.15, -0.1) is 0 Å². The molecular weight excluding hydrogens is 332 g/mol. The summed E-state index contributed by atoms with van der Waals surface area (Å²) < 4.78 is 0.808. The van der Waals surface area contributed by atoms with Gasteiger partial charge in [0.1, 0.15) is 6.42 Å². The van der Waals surface area contributed by atoms with E-state index in [4.69, 9.17) is 0 Å². The minimum absolute atomic E-state index is 0.127. The first-order valence-corrected chi connectivity index (χ1v) is 8.28. The summed E-state index contributed by atoms with van der Waals surface area (Å²) in [5.74, 6) is -0.473. The molecule has 0 aliphatic heterocycles. The molecule has 0 bridgehead atoms. The summed E-state index contributed by atoms with van der Waals surface area (Å²) in [6, 6.07) is 7.59. The monoisotopic (exact) mass is 352 g/mol. The highest BCUT2D eigenvalue weighted by Crippen LogP contribution is 2.21. The third-order valence-electron chi connectivity index (χ3n) is 3.69. The van der Waals surface area contributed by atoms with E-state index in [1.165, 1.54) is 12.8 Å². The molecule has 1 fully saturated rings. The number of hydrogen-bond acceptors (Lipinski definition) is 2. The van der Waals surface area contributed by atoms with Crippen molar-refractivity contribution in [3.63, 3.8) is 0 Å². The predicted octanol–water partition coefficient (Wildman–Crippen LogP) is 3.62. The Labute approximate surface area is 133 Å². The first kappa shape index (κ1) is 16.0. The molecule has 5 heteroatoms. The third kappa shape index (κ3) is 5.50. The van der Waals surface area contributed by atoms with Gasteiger partial charge in [-0.1, -0.05) is 37.8 Å². The van der Waals surface area contributed by atoms with Crippen LogP contribution in [0.1, 0.15) is 44.9 Å². The average molecular weight is 353 g/mol. The number of amides is 2. The zero-order valence-corrected chi connectivity index (χ0v) is 13.6. The Kier molecular flexibility index (Phi) is 6.23. The van der Waals surface area contributed by atoms with Crippen LogP contribution in [0.15, 0.2) is 28.7 Å². The second kappa shape index (κ2) is 8.17. The number of para-hydroxylation sites is 1. The molecule has 0 aromatic heterocycles. The molecule has 2 rings (SSSR count). The molecule has 1 aliphatic carbocycles. The topological polar surface area (TPSA) is 58.2 Å². The Morgan fingerprint density at radius 1 is 1.05 bits per heavy atom. The van der Waals surface area contributed by atoms with Gasteiger partial charge in [-0.3, -0.25) is 9.59 Å². The van der Waals surface area contributed by atoms with Gasteiger partial charge in [-0.2, -0.15) is 0 Å². The number of anilines is 1. The molecule has 1 aromatic carbocycles. The average Bonchev–Trinajstić information content (AvgIpc) is 2.69. The van der Waals surface area contributed by atoms with E-state index in [0.717, 1.165) is 30.2 Å². The molecule has 21 heavy (non-hydrogen) atoms. The highest BCUT2D eigenvalue weighted by Gasteiger charge is 2.17. The van der Waals surface area contributed by atoms with Gasteiger partial charge in [-0.25, -0.2) is 0 Å². The minimum atomic E-state index is -0.284. The number of carbonyl (C=O) groups excluding carboxylic acids is 2. The van der Waals surface area contributed by atoms with E-state index in [1.807, 2.05) is 18.2 Å². The maximum absolute atomic E-state index is 11.9. The maximum Gasteiger partial charge on any atom is 0.233 e. The molecule has 1 aliphatic rings. The molecule has 0 heterocycles. The van der Waals surface area contributed by atoms with Crippen LogP contribution in [0.3, 0.4) is 0 Å². The maximum atomic E-state index is 11.9. The van der Waals surface area contributed by atoms with Crippen LogP contribution >= 0.6 is 15.9 Å². The van der Waals surface area contributed by atoms with Crippen LogP contribution < -0.4 is 10.6 Å². The van der Waals surface area contributed by atoms with Crippen molar-refractivity contribution < 1.29 is 9.59 Å². The minimum Gasteiger partial charge on any atom is -0.353 e. The molecule has 0 atom stereocenters. The van der Waals surface area contributed by atoms with Gasteiger partial charge >= 0.3 is 0 Å². The molecule has 0 spiro atoms. The highest BCUT2D eigenvalue weighted by molar-refractivity contribution is 9.10. The van der Waals surface area contributed by atoms with E-state index in [2.05, 4.69) is 26.6 Å². The van der Waals surface area contributed by atoms with Gasteiger partial charge in [0.2, 0.25) is 11.8 Å². The van der Waals surface area contributed by atoms with Gasteiger partial charge in [0, 0.05) is 10.5 Å². The lowest BCUT2D eigenvalue weighted by atomic mass is 10.1. The van der Waals surface area contributed by atoms with Gasteiger partial charge in [0.05, 0.1) is 5.69 Å². The summed E-state index contributed by atoms with van der Waals surface area (Å²) in [6.45, 7) is 0. The quantitative estimate of drug-likeness (QED) is 0.642. The molecule has 0 saturated heterocycles. The number of nitrogens with one attached hydrogen (secondary N) is 2. The van der Waals surface area contributed by atoms with Crippen molar-refractivity contribution >= 4 is 33.4 Å². The van der Waals surface area contributed by atoms with E-state index in [9.17, 15) is 9.59 Å². The van der Waals surface area contributed by atoms with E-state index < -0.39 is 0 Å². The SMILES string of the molecule is O=C(CC(=O)NC1CCCCCC1)Nc1ccccc1Br. The highest BCUT2D eigenvalue weighted by atomic mass is 79.9. The Bertz CT molecular complexity index is 497. The molecule has 2 N–H and O–H groups in total. The van der Waals surface area contributed by atoms with Crippen molar-refractivity contribution in [1.82, 2.24) is 5.32 Å². The second-order valence-electron chi connectivity index (χ2n) is 5.46. The Morgan fingerprint density at radius 3 is 2.38 bits per heavy atom. The van der Waals surface area contributed by atoms with Crippen LogP contribution in [0.25, 0.3) is 0 Å². The van der Waals surface area contributed by atoms with Gasteiger partial charge < -0.3 is 10.6 Å². The standard InChI is InChI=1S/C16H21BrN2O2/c17-13-9-5-6-10-14(13)19-16(21)11-15(20)18-12-7-3-1-2-4-8-12/h5-6,9-10,12H,1-4,7-8,11H2,(H,18,20)(H,19,21). The summed E-state index contributed by atoms with van der Waals surface area (Å²) in [4.78, 5) is 23.8. The summed E-state index contributed by atoms with van der Waals surface area (Å²) in [6.07, 6.45) is 6.74. The van der Waals surface area contributed by atoms with Gasteiger partial charge in [-0.05, 0) is 40.9 Å². The fraction of sp³-hybridized carbons (Fsp3) is 0.500.